The molecule has 1 aromatic heterocycles. The van der Waals surface area contributed by atoms with E-state index >= 15 is 0 Å². The third-order valence-corrected chi connectivity index (χ3v) is 3.43. The van der Waals surface area contributed by atoms with E-state index in [-0.39, 0.29) is 22.6 Å². The number of guanidine groups is 1. The lowest BCUT2D eigenvalue weighted by Crippen LogP contribution is -2.37. The molecule has 0 aliphatic heterocycles. The van der Waals surface area contributed by atoms with E-state index in [0.29, 0.717) is 12.4 Å². The smallest absolute Gasteiger partial charge is 0.258 e. The second kappa shape index (κ2) is 8.59. The Morgan fingerprint density at radius 3 is 2.84 bits per heavy atom. The van der Waals surface area contributed by atoms with Crippen molar-refractivity contribution < 1.29 is 13.9 Å². The predicted octanol–water partition coefficient (Wildman–Crippen LogP) is 2.74. The van der Waals surface area contributed by atoms with Gasteiger partial charge in [-0.2, -0.15) is 5.10 Å². The average Bonchev–Trinajstić information content (AvgIpc) is 2.95. The highest BCUT2D eigenvalue weighted by molar-refractivity contribution is 6.30. The van der Waals surface area contributed by atoms with Gasteiger partial charge in [-0.3, -0.25) is 15.2 Å². The van der Waals surface area contributed by atoms with Crippen LogP contribution in [0.25, 0.3) is 0 Å². The van der Waals surface area contributed by atoms with Gasteiger partial charge in [0.25, 0.3) is 5.91 Å². The summed E-state index contributed by atoms with van der Waals surface area (Å²) in [4.78, 5) is 16.7. The highest BCUT2D eigenvalue weighted by Crippen LogP contribution is 2.15. The first-order valence-electron chi connectivity index (χ1n) is 7.51. The molecule has 0 saturated heterocycles. The fourth-order valence-corrected chi connectivity index (χ4v) is 2.13. The van der Waals surface area contributed by atoms with E-state index in [9.17, 15) is 9.18 Å². The minimum absolute atomic E-state index is 0.0516. The molecule has 7 nitrogen and oxygen atoms in total. The number of aryl methyl sites for hydroxylation is 1. The van der Waals surface area contributed by atoms with Gasteiger partial charge in [0.15, 0.2) is 5.82 Å². The van der Waals surface area contributed by atoms with Crippen LogP contribution >= 0.6 is 11.6 Å². The number of ether oxygens (including phenoxy) is 1. The molecule has 0 bridgehead atoms. The number of anilines is 1. The summed E-state index contributed by atoms with van der Waals surface area (Å²) in [7, 11) is 1.56. The van der Waals surface area contributed by atoms with Crippen LogP contribution in [0.3, 0.4) is 0 Å². The number of amides is 1. The summed E-state index contributed by atoms with van der Waals surface area (Å²) < 4.78 is 18.6. The minimum Gasteiger partial charge on any atom is -0.382 e. The number of methoxy groups -OCH3 is 1. The molecule has 0 radical (unpaired) electrons. The van der Waals surface area contributed by atoms with Crippen molar-refractivity contribution in [2.45, 2.75) is 19.9 Å². The Morgan fingerprint density at radius 2 is 2.24 bits per heavy atom. The molecule has 1 amide bonds. The lowest BCUT2D eigenvalue weighted by molar-refractivity contribution is 0.0976. The standard InChI is InChI=1S/C16H19ClFN5O2/c1-9-6-14(23-22-9)20-16(19-10(2)8-25-3)21-15(24)11-4-5-12(17)13(18)7-11/h4-7,10H,8H2,1-3H3,(H3,19,20,21,22,23,24)/t10-/m0/s1. The van der Waals surface area contributed by atoms with E-state index in [1.807, 2.05) is 13.8 Å². The molecule has 0 spiro atoms. The molecule has 0 aliphatic carbocycles. The van der Waals surface area contributed by atoms with E-state index in [2.05, 4.69) is 25.8 Å². The summed E-state index contributed by atoms with van der Waals surface area (Å²) >= 11 is 5.64. The molecule has 0 unspecified atom stereocenters. The maximum Gasteiger partial charge on any atom is 0.258 e. The highest BCUT2D eigenvalue weighted by atomic mass is 35.5. The third-order valence-electron chi connectivity index (χ3n) is 3.12. The lowest BCUT2D eigenvalue weighted by atomic mass is 10.2. The Bertz CT molecular complexity index is 778. The molecule has 134 valence electrons. The van der Waals surface area contributed by atoms with Crippen LogP contribution in [0.1, 0.15) is 23.0 Å². The number of hydrogen-bond donors (Lipinski definition) is 3. The van der Waals surface area contributed by atoms with Crippen molar-refractivity contribution in [2.75, 3.05) is 19.0 Å². The number of halogens is 2. The summed E-state index contributed by atoms with van der Waals surface area (Å²) in [6.45, 7) is 4.04. The highest BCUT2D eigenvalue weighted by Gasteiger charge is 2.13. The van der Waals surface area contributed by atoms with Crippen LogP contribution in [0.2, 0.25) is 5.02 Å². The lowest BCUT2D eigenvalue weighted by Gasteiger charge is -2.13. The minimum atomic E-state index is -0.670. The van der Waals surface area contributed by atoms with Crippen LogP contribution < -0.4 is 10.6 Å². The molecule has 1 atom stereocenters. The van der Waals surface area contributed by atoms with Gasteiger partial charge in [0.2, 0.25) is 5.96 Å². The third kappa shape index (κ3) is 5.54. The Morgan fingerprint density at radius 1 is 1.48 bits per heavy atom. The van der Waals surface area contributed by atoms with E-state index in [1.165, 1.54) is 12.1 Å². The molecule has 1 heterocycles. The van der Waals surface area contributed by atoms with Gasteiger partial charge in [-0.25, -0.2) is 9.38 Å². The van der Waals surface area contributed by atoms with Gasteiger partial charge in [0, 0.05) is 24.4 Å². The second-order valence-electron chi connectivity index (χ2n) is 5.43. The number of aromatic amines is 1. The Kier molecular flexibility index (Phi) is 6.49. The molecule has 25 heavy (non-hydrogen) atoms. The normalized spacial score (nSPS) is 12.8. The van der Waals surface area contributed by atoms with E-state index in [1.54, 1.807) is 13.2 Å². The number of aromatic nitrogens is 2. The van der Waals surface area contributed by atoms with E-state index in [4.69, 9.17) is 16.3 Å². The van der Waals surface area contributed by atoms with E-state index < -0.39 is 11.7 Å². The fourth-order valence-electron chi connectivity index (χ4n) is 2.02. The number of aliphatic imine (C=N–C) groups is 1. The number of hydrogen-bond acceptors (Lipinski definition) is 4. The zero-order valence-electron chi connectivity index (χ0n) is 14.1. The molecule has 9 heteroatoms. The number of H-pyrrole nitrogens is 1. The van der Waals surface area contributed by atoms with Gasteiger partial charge in [-0.1, -0.05) is 11.6 Å². The number of benzene rings is 1. The summed E-state index contributed by atoms with van der Waals surface area (Å²) in [5.41, 5.74) is 0.965. The quantitative estimate of drug-likeness (QED) is 0.559. The first kappa shape index (κ1) is 18.9. The van der Waals surface area contributed by atoms with Crippen molar-refractivity contribution in [3.05, 3.63) is 46.4 Å². The summed E-state index contributed by atoms with van der Waals surface area (Å²) in [6, 6.07) is 5.35. The Balaban J connectivity index is 2.18. The average molecular weight is 368 g/mol. The van der Waals surface area contributed by atoms with Gasteiger partial charge < -0.3 is 10.1 Å². The first-order valence-corrected chi connectivity index (χ1v) is 7.89. The van der Waals surface area contributed by atoms with Crippen LogP contribution in [0.15, 0.2) is 29.3 Å². The summed E-state index contributed by atoms with van der Waals surface area (Å²) in [6.07, 6.45) is 0. The summed E-state index contributed by atoms with van der Waals surface area (Å²) in [5.74, 6) is -0.532. The first-order chi connectivity index (χ1) is 11.9. The topological polar surface area (TPSA) is 91.4 Å². The number of nitrogens with one attached hydrogen (secondary N) is 3. The van der Waals surface area contributed by atoms with Crippen molar-refractivity contribution in [3.63, 3.8) is 0 Å². The number of nitrogens with zero attached hydrogens (tertiary/aromatic N) is 2. The Labute approximate surface area is 149 Å². The van der Waals surface area contributed by atoms with Crippen LogP contribution in [-0.2, 0) is 4.74 Å². The largest absolute Gasteiger partial charge is 0.382 e. The summed E-state index contributed by atoms with van der Waals surface area (Å²) in [5, 5.41) is 12.3. The molecular weight excluding hydrogens is 349 g/mol. The zero-order chi connectivity index (χ0) is 18.4. The van der Waals surface area contributed by atoms with Gasteiger partial charge in [-0.05, 0) is 32.0 Å². The molecular formula is C16H19ClFN5O2. The molecule has 0 fully saturated rings. The van der Waals surface area contributed by atoms with E-state index in [0.717, 1.165) is 11.8 Å². The van der Waals surface area contributed by atoms with Crippen molar-refractivity contribution in [2.24, 2.45) is 4.99 Å². The van der Waals surface area contributed by atoms with Crippen LogP contribution in [0.4, 0.5) is 10.2 Å². The van der Waals surface area contributed by atoms with Crippen LogP contribution in [0.5, 0.6) is 0 Å². The molecule has 0 aliphatic rings. The van der Waals surface area contributed by atoms with Crippen molar-refractivity contribution in [3.8, 4) is 0 Å². The van der Waals surface area contributed by atoms with Crippen LogP contribution in [0, 0.1) is 12.7 Å². The molecule has 0 saturated carbocycles. The molecule has 2 aromatic rings. The van der Waals surface area contributed by atoms with Gasteiger partial charge >= 0.3 is 0 Å². The van der Waals surface area contributed by atoms with Crippen molar-refractivity contribution in [1.82, 2.24) is 15.5 Å². The van der Waals surface area contributed by atoms with Gasteiger partial charge in [-0.15, -0.1) is 0 Å². The molecule has 3 N–H and O–H groups in total. The van der Waals surface area contributed by atoms with Crippen LogP contribution in [-0.4, -0.2) is 41.8 Å². The van der Waals surface area contributed by atoms with Gasteiger partial charge in [0.1, 0.15) is 5.82 Å². The SMILES string of the molecule is COC[C@H](C)N=C(NC(=O)c1ccc(Cl)c(F)c1)Nc1cc(C)[nH]n1. The molecule has 1 aromatic carbocycles. The maximum atomic E-state index is 13.5. The predicted molar refractivity (Wildman–Crippen MR) is 94.6 cm³/mol. The second-order valence-corrected chi connectivity index (χ2v) is 5.83. The monoisotopic (exact) mass is 367 g/mol. The number of rotatable bonds is 5. The van der Waals surface area contributed by atoms with Crippen molar-refractivity contribution >= 4 is 29.3 Å². The zero-order valence-corrected chi connectivity index (χ0v) is 14.8. The van der Waals surface area contributed by atoms with Gasteiger partial charge in [0.05, 0.1) is 17.7 Å². The number of carbonyl (C=O) groups excluding carboxylic acids is 1. The van der Waals surface area contributed by atoms with Crippen molar-refractivity contribution in [1.29, 1.82) is 0 Å². The molecule has 2 rings (SSSR count). The maximum absolute atomic E-state index is 13.5. The fraction of sp³-hybridized carbons (Fsp3) is 0.312. The number of carbonyl (C=O) groups is 1. The Hall–Kier alpha value is -2.45.